The van der Waals surface area contributed by atoms with E-state index in [4.69, 9.17) is 10.7 Å². The second-order valence-electron chi connectivity index (χ2n) is 4.98. The van der Waals surface area contributed by atoms with Crippen LogP contribution in [0.3, 0.4) is 0 Å². The SMILES string of the molecule is Cn1c(C2C3CCCCC32)nnc1S(=O)(=O)Cl. The van der Waals surface area contributed by atoms with Crippen LogP contribution in [0.15, 0.2) is 5.16 Å². The molecule has 17 heavy (non-hydrogen) atoms. The first-order chi connectivity index (χ1) is 8.00. The van der Waals surface area contributed by atoms with Crippen molar-refractivity contribution >= 4 is 19.7 Å². The van der Waals surface area contributed by atoms with Crippen LogP contribution in [0.2, 0.25) is 0 Å². The predicted octanol–water partition coefficient (Wildman–Crippen LogP) is 1.65. The molecule has 0 bridgehead atoms. The van der Waals surface area contributed by atoms with E-state index in [1.807, 2.05) is 0 Å². The van der Waals surface area contributed by atoms with Crippen LogP contribution in [0, 0.1) is 11.8 Å². The van der Waals surface area contributed by atoms with Crippen molar-refractivity contribution in [3.63, 3.8) is 0 Å². The number of aromatic nitrogens is 3. The molecule has 2 unspecified atom stereocenters. The Morgan fingerprint density at radius 1 is 1.24 bits per heavy atom. The molecule has 0 radical (unpaired) electrons. The van der Waals surface area contributed by atoms with E-state index in [2.05, 4.69) is 10.2 Å². The van der Waals surface area contributed by atoms with E-state index in [0.29, 0.717) is 17.8 Å². The number of hydrogen-bond acceptors (Lipinski definition) is 4. The summed E-state index contributed by atoms with van der Waals surface area (Å²) < 4.78 is 24.1. The standard InChI is InChI=1S/C10H14ClN3O2S/c1-14-9(12-13-10(14)17(11,15)16)8-6-4-2-3-5-7(6)8/h6-8H,2-5H2,1H3. The molecule has 5 nitrogen and oxygen atoms in total. The number of fused-ring (bicyclic) bond motifs is 1. The Morgan fingerprint density at radius 3 is 2.29 bits per heavy atom. The molecule has 7 heteroatoms. The normalized spacial score (nSPS) is 32.2. The first kappa shape index (κ1) is 11.5. The van der Waals surface area contributed by atoms with Gasteiger partial charge in [0, 0.05) is 23.6 Å². The molecule has 1 aromatic rings. The van der Waals surface area contributed by atoms with Crippen molar-refractivity contribution in [2.45, 2.75) is 36.8 Å². The molecule has 0 amide bonds. The quantitative estimate of drug-likeness (QED) is 0.770. The van der Waals surface area contributed by atoms with Crippen LogP contribution in [0.4, 0.5) is 0 Å². The molecule has 2 aliphatic rings. The molecule has 3 rings (SSSR count). The van der Waals surface area contributed by atoms with Crippen LogP contribution in [-0.4, -0.2) is 23.2 Å². The highest BCUT2D eigenvalue weighted by Crippen LogP contribution is 2.60. The minimum atomic E-state index is -3.79. The molecule has 0 aliphatic heterocycles. The Hall–Kier alpha value is -0.620. The molecule has 2 fully saturated rings. The van der Waals surface area contributed by atoms with Gasteiger partial charge in [-0.25, -0.2) is 8.42 Å². The summed E-state index contributed by atoms with van der Waals surface area (Å²) in [7, 11) is 3.19. The van der Waals surface area contributed by atoms with Gasteiger partial charge in [0.1, 0.15) is 5.82 Å². The molecule has 2 saturated carbocycles. The maximum Gasteiger partial charge on any atom is 0.296 e. The third-order valence-corrected chi connectivity index (χ3v) is 5.25. The summed E-state index contributed by atoms with van der Waals surface area (Å²) in [5.74, 6) is 2.53. The summed E-state index contributed by atoms with van der Waals surface area (Å²) in [4.78, 5) is 0. The number of rotatable bonds is 2. The number of nitrogens with zero attached hydrogens (tertiary/aromatic N) is 3. The molecule has 2 atom stereocenters. The predicted molar refractivity (Wildman–Crippen MR) is 62.2 cm³/mol. The van der Waals surface area contributed by atoms with Crippen LogP contribution < -0.4 is 0 Å². The fourth-order valence-electron chi connectivity index (χ4n) is 3.20. The average Bonchev–Trinajstić information content (AvgIpc) is 2.85. The van der Waals surface area contributed by atoms with E-state index in [0.717, 1.165) is 5.82 Å². The highest BCUT2D eigenvalue weighted by atomic mass is 35.7. The third-order valence-electron chi connectivity index (χ3n) is 4.04. The Morgan fingerprint density at radius 2 is 1.82 bits per heavy atom. The zero-order valence-electron chi connectivity index (χ0n) is 9.50. The van der Waals surface area contributed by atoms with Gasteiger partial charge in [0.2, 0.25) is 0 Å². The average molecular weight is 276 g/mol. The van der Waals surface area contributed by atoms with E-state index >= 15 is 0 Å². The Bertz CT molecular complexity index is 542. The molecule has 0 saturated heterocycles. The number of halogens is 1. The largest absolute Gasteiger partial charge is 0.304 e. The maximum absolute atomic E-state index is 11.3. The van der Waals surface area contributed by atoms with E-state index in [9.17, 15) is 8.42 Å². The van der Waals surface area contributed by atoms with Crippen molar-refractivity contribution in [2.75, 3.05) is 0 Å². The lowest BCUT2D eigenvalue weighted by atomic mass is 10.0. The summed E-state index contributed by atoms with van der Waals surface area (Å²) >= 11 is 0. The molecular weight excluding hydrogens is 262 g/mol. The highest BCUT2D eigenvalue weighted by Gasteiger charge is 2.53. The lowest BCUT2D eigenvalue weighted by Gasteiger charge is -2.04. The first-order valence-electron chi connectivity index (χ1n) is 5.84. The summed E-state index contributed by atoms with van der Waals surface area (Å²) in [6.45, 7) is 0. The van der Waals surface area contributed by atoms with Crippen molar-refractivity contribution in [3.8, 4) is 0 Å². The van der Waals surface area contributed by atoms with E-state index in [1.54, 1.807) is 7.05 Å². The van der Waals surface area contributed by atoms with Crippen molar-refractivity contribution in [1.29, 1.82) is 0 Å². The lowest BCUT2D eigenvalue weighted by molar-refractivity contribution is 0.480. The smallest absolute Gasteiger partial charge is 0.296 e. The molecule has 1 aromatic heterocycles. The van der Waals surface area contributed by atoms with Crippen molar-refractivity contribution in [1.82, 2.24) is 14.8 Å². The molecule has 0 aromatic carbocycles. The summed E-state index contributed by atoms with van der Waals surface area (Å²) in [6, 6.07) is 0. The first-order valence-corrected chi connectivity index (χ1v) is 8.15. The van der Waals surface area contributed by atoms with Crippen LogP contribution >= 0.6 is 10.7 Å². The summed E-state index contributed by atoms with van der Waals surface area (Å²) in [6.07, 6.45) is 5.00. The van der Waals surface area contributed by atoms with Gasteiger partial charge < -0.3 is 4.57 Å². The molecule has 1 heterocycles. The highest BCUT2D eigenvalue weighted by molar-refractivity contribution is 8.13. The number of hydrogen-bond donors (Lipinski definition) is 0. The zero-order chi connectivity index (χ0) is 12.2. The molecule has 94 valence electrons. The van der Waals surface area contributed by atoms with Gasteiger partial charge in [-0.1, -0.05) is 12.8 Å². The van der Waals surface area contributed by atoms with Gasteiger partial charge >= 0.3 is 0 Å². The molecular formula is C10H14ClN3O2S. The Kier molecular flexibility index (Phi) is 2.49. The van der Waals surface area contributed by atoms with Crippen LogP contribution in [0.25, 0.3) is 0 Å². The van der Waals surface area contributed by atoms with Gasteiger partial charge in [-0.2, -0.15) is 0 Å². The fraction of sp³-hybridized carbons (Fsp3) is 0.800. The topological polar surface area (TPSA) is 64.8 Å². The molecule has 0 N–H and O–H groups in total. The second kappa shape index (κ2) is 3.68. The van der Waals surface area contributed by atoms with Gasteiger partial charge in [0.05, 0.1) is 0 Å². The monoisotopic (exact) mass is 275 g/mol. The van der Waals surface area contributed by atoms with Crippen LogP contribution in [0.5, 0.6) is 0 Å². The maximum atomic E-state index is 11.3. The molecule has 0 spiro atoms. The zero-order valence-corrected chi connectivity index (χ0v) is 11.1. The Balaban J connectivity index is 1.93. The van der Waals surface area contributed by atoms with E-state index in [1.165, 1.54) is 30.3 Å². The lowest BCUT2D eigenvalue weighted by Crippen LogP contribution is -2.04. The Labute approximate surface area is 105 Å². The fourth-order valence-corrected chi connectivity index (χ4v) is 4.17. The third kappa shape index (κ3) is 1.78. The van der Waals surface area contributed by atoms with E-state index < -0.39 is 9.05 Å². The van der Waals surface area contributed by atoms with Crippen molar-refractivity contribution in [3.05, 3.63) is 5.82 Å². The van der Waals surface area contributed by atoms with Gasteiger partial charge in [-0.05, 0) is 24.7 Å². The van der Waals surface area contributed by atoms with Crippen molar-refractivity contribution in [2.24, 2.45) is 18.9 Å². The minimum Gasteiger partial charge on any atom is -0.304 e. The summed E-state index contributed by atoms with van der Waals surface area (Å²) in [5, 5.41) is 7.58. The minimum absolute atomic E-state index is 0.141. The van der Waals surface area contributed by atoms with Crippen molar-refractivity contribution < 1.29 is 8.42 Å². The van der Waals surface area contributed by atoms with Crippen LogP contribution in [-0.2, 0) is 16.1 Å². The van der Waals surface area contributed by atoms with Gasteiger partial charge in [-0.15, -0.1) is 10.2 Å². The van der Waals surface area contributed by atoms with Gasteiger partial charge in [-0.3, -0.25) is 0 Å². The van der Waals surface area contributed by atoms with Gasteiger partial charge in [0.15, 0.2) is 0 Å². The van der Waals surface area contributed by atoms with E-state index in [-0.39, 0.29) is 5.16 Å². The molecule has 2 aliphatic carbocycles. The van der Waals surface area contributed by atoms with Crippen LogP contribution in [0.1, 0.15) is 37.4 Å². The summed E-state index contributed by atoms with van der Waals surface area (Å²) in [5.41, 5.74) is 0. The van der Waals surface area contributed by atoms with Gasteiger partial charge in [0.25, 0.3) is 14.2 Å². The second-order valence-corrected chi connectivity index (χ2v) is 7.44.